The van der Waals surface area contributed by atoms with Gasteiger partial charge in [-0.25, -0.2) is 4.68 Å². The Morgan fingerprint density at radius 3 is 2.59 bits per heavy atom. The molecule has 1 amide bonds. The fourth-order valence-corrected chi connectivity index (χ4v) is 3.41. The molecule has 0 bridgehead atoms. The van der Waals surface area contributed by atoms with Crippen molar-refractivity contribution in [2.24, 2.45) is 0 Å². The number of nitrogens with zero attached hydrogens (tertiary/aromatic N) is 3. The predicted octanol–water partition coefficient (Wildman–Crippen LogP) is 3.84. The molecular weight excluding hydrogens is 360 g/mol. The molecule has 0 aliphatic rings. The average Bonchev–Trinajstić information content (AvgIpc) is 2.89. The predicted molar refractivity (Wildman–Crippen MR) is 112 cm³/mol. The van der Waals surface area contributed by atoms with Gasteiger partial charge < -0.3 is 5.32 Å². The highest BCUT2D eigenvalue weighted by molar-refractivity contribution is 6.31. The highest BCUT2D eigenvalue weighted by atomic mass is 35.5. The van der Waals surface area contributed by atoms with Crippen molar-refractivity contribution in [1.82, 2.24) is 20.0 Å². The van der Waals surface area contributed by atoms with Gasteiger partial charge in [-0.05, 0) is 58.9 Å². The van der Waals surface area contributed by atoms with Crippen LogP contribution in [0.4, 0.5) is 0 Å². The molecule has 148 valence electrons. The summed E-state index contributed by atoms with van der Waals surface area (Å²) in [6, 6.07) is 6.37. The van der Waals surface area contributed by atoms with Crippen molar-refractivity contribution < 1.29 is 4.79 Å². The molecule has 2 aromatic rings. The molecular formula is C21H31ClN4O. The Hall–Kier alpha value is -1.85. The number of hydrogen-bond acceptors (Lipinski definition) is 3. The first-order chi connectivity index (χ1) is 12.7. The zero-order valence-electron chi connectivity index (χ0n) is 17.3. The summed E-state index contributed by atoms with van der Waals surface area (Å²) in [7, 11) is 0. The lowest BCUT2D eigenvalue weighted by molar-refractivity contribution is -0.120. The lowest BCUT2D eigenvalue weighted by atomic mass is 10.1. The lowest BCUT2D eigenvalue weighted by Gasteiger charge is -2.24. The van der Waals surface area contributed by atoms with Crippen LogP contribution in [0.1, 0.15) is 43.3 Å². The van der Waals surface area contributed by atoms with Crippen molar-refractivity contribution in [2.45, 2.75) is 54.0 Å². The molecule has 0 aliphatic carbocycles. The molecule has 27 heavy (non-hydrogen) atoms. The summed E-state index contributed by atoms with van der Waals surface area (Å²) in [6.07, 6.45) is 0.338. The number of benzene rings is 1. The van der Waals surface area contributed by atoms with Crippen molar-refractivity contribution in [2.75, 3.05) is 19.6 Å². The minimum absolute atomic E-state index is 0.0301. The van der Waals surface area contributed by atoms with Crippen LogP contribution >= 0.6 is 11.6 Å². The van der Waals surface area contributed by atoms with Gasteiger partial charge in [-0.3, -0.25) is 9.69 Å². The van der Waals surface area contributed by atoms with Crippen LogP contribution < -0.4 is 5.32 Å². The maximum Gasteiger partial charge on any atom is 0.224 e. The van der Waals surface area contributed by atoms with E-state index in [-0.39, 0.29) is 5.91 Å². The van der Waals surface area contributed by atoms with Gasteiger partial charge in [-0.2, -0.15) is 5.10 Å². The summed E-state index contributed by atoms with van der Waals surface area (Å²) in [6.45, 7) is 14.9. The van der Waals surface area contributed by atoms with Gasteiger partial charge in [0.25, 0.3) is 0 Å². The molecule has 0 fully saturated rings. The van der Waals surface area contributed by atoms with Crippen LogP contribution in [0.3, 0.4) is 0 Å². The normalized spacial score (nSPS) is 11.4. The van der Waals surface area contributed by atoms with E-state index in [2.05, 4.69) is 36.1 Å². The number of carbonyl (C=O) groups excluding carboxylic acids is 1. The van der Waals surface area contributed by atoms with E-state index in [9.17, 15) is 4.79 Å². The fraction of sp³-hybridized carbons (Fsp3) is 0.524. The topological polar surface area (TPSA) is 50.2 Å². The Morgan fingerprint density at radius 1 is 1.30 bits per heavy atom. The van der Waals surface area contributed by atoms with Crippen LogP contribution in [0.5, 0.6) is 0 Å². The summed E-state index contributed by atoms with van der Waals surface area (Å²) in [5, 5.41) is 8.36. The third kappa shape index (κ3) is 5.33. The Kier molecular flexibility index (Phi) is 7.45. The van der Waals surface area contributed by atoms with Crippen LogP contribution in [0.15, 0.2) is 18.2 Å². The number of nitrogens with one attached hydrogen (secondary N) is 1. The Morgan fingerprint density at radius 2 is 2.00 bits per heavy atom. The van der Waals surface area contributed by atoms with E-state index in [4.69, 9.17) is 11.6 Å². The van der Waals surface area contributed by atoms with Crippen LogP contribution in [0.2, 0.25) is 5.02 Å². The Bertz CT molecular complexity index is 798. The minimum atomic E-state index is 0.0301. The standard InChI is InChI=1S/C21H31ClN4O/c1-7-25(14(2)3)11-10-23-21(27)13-19-16(5)24-26(17(19)6)18-9-8-15(4)20(22)12-18/h8-9,12,14H,7,10-11,13H2,1-6H3,(H,23,27). The molecule has 0 spiro atoms. The lowest BCUT2D eigenvalue weighted by Crippen LogP contribution is -2.38. The van der Waals surface area contributed by atoms with E-state index in [1.807, 2.05) is 43.7 Å². The first-order valence-corrected chi connectivity index (χ1v) is 9.94. The summed E-state index contributed by atoms with van der Waals surface area (Å²) in [4.78, 5) is 14.7. The highest BCUT2D eigenvalue weighted by Gasteiger charge is 2.16. The molecule has 1 aromatic carbocycles. The Balaban J connectivity index is 2.06. The van der Waals surface area contributed by atoms with E-state index < -0.39 is 0 Å². The number of amides is 1. The highest BCUT2D eigenvalue weighted by Crippen LogP contribution is 2.23. The van der Waals surface area contributed by atoms with Gasteiger partial charge in [-0.15, -0.1) is 0 Å². The van der Waals surface area contributed by atoms with Crippen molar-refractivity contribution in [3.05, 3.63) is 45.7 Å². The molecule has 2 rings (SSSR count). The van der Waals surface area contributed by atoms with Crippen molar-refractivity contribution in [3.63, 3.8) is 0 Å². The third-order valence-electron chi connectivity index (χ3n) is 5.04. The summed E-state index contributed by atoms with van der Waals surface area (Å²) in [5.74, 6) is 0.0301. The van der Waals surface area contributed by atoms with Gasteiger partial charge in [0.05, 0.1) is 17.8 Å². The van der Waals surface area contributed by atoms with E-state index in [1.165, 1.54) is 0 Å². The second-order valence-corrected chi connectivity index (χ2v) is 7.65. The molecule has 0 aliphatic heterocycles. The second-order valence-electron chi connectivity index (χ2n) is 7.24. The molecule has 6 heteroatoms. The fourth-order valence-electron chi connectivity index (χ4n) is 3.24. The number of hydrogen-bond donors (Lipinski definition) is 1. The van der Waals surface area contributed by atoms with E-state index >= 15 is 0 Å². The molecule has 5 nitrogen and oxygen atoms in total. The van der Waals surface area contributed by atoms with Crippen molar-refractivity contribution in [1.29, 1.82) is 0 Å². The molecule has 1 aromatic heterocycles. The summed E-state index contributed by atoms with van der Waals surface area (Å²) >= 11 is 6.25. The number of likely N-dealkylation sites (N-methyl/N-ethyl adjacent to an activating group) is 1. The van der Waals surface area contributed by atoms with E-state index in [1.54, 1.807) is 0 Å². The zero-order valence-corrected chi connectivity index (χ0v) is 18.0. The molecule has 0 saturated carbocycles. The zero-order chi connectivity index (χ0) is 20.1. The van der Waals surface area contributed by atoms with Crippen molar-refractivity contribution >= 4 is 17.5 Å². The molecule has 0 saturated heterocycles. The van der Waals surface area contributed by atoms with Crippen LogP contribution in [-0.2, 0) is 11.2 Å². The van der Waals surface area contributed by atoms with Gasteiger partial charge in [0.1, 0.15) is 0 Å². The number of aromatic nitrogens is 2. The maximum absolute atomic E-state index is 12.4. The molecule has 1 heterocycles. The Labute approximate surface area is 167 Å². The van der Waals surface area contributed by atoms with E-state index in [0.29, 0.717) is 24.0 Å². The minimum Gasteiger partial charge on any atom is -0.355 e. The molecule has 1 N–H and O–H groups in total. The number of aryl methyl sites for hydroxylation is 2. The molecule has 0 atom stereocenters. The number of rotatable bonds is 8. The SMILES string of the molecule is CCN(CCNC(=O)Cc1c(C)nn(-c2ccc(C)c(Cl)c2)c1C)C(C)C. The quantitative estimate of drug-likeness (QED) is 0.745. The van der Waals surface area contributed by atoms with E-state index in [0.717, 1.165) is 41.3 Å². The van der Waals surface area contributed by atoms with Crippen molar-refractivity contribution in [3.8, 4) is 5.69 Å². The van der Waals surface area contributed by atoms with Gasteiger partial charge in [0, 0.05) is 35.4 Å². The summed E-state index contributed by atoms with van der Waals surface area (Å²) < 4.78 is 1.86. The van der Waals surface area contributed by atoms with Gasteiger partial charge in [0.2, 0.25) is 5.91 Å². The maximum atomic E-state index is 12.4. The smallest absolute Gasteiger partial charge is 0.224 e. The molecule has 0 radical (unpaired) electrons. The monoisotopic (exact) mass is 390 g/mol. The largest absolute Gasteiger partial charge is 0.355 e. The number of carbonyl (C=O) groups is 1. The first-order valence-electron chi connectivity index (χ1n) is 9.57. The van der Waals surface area contributed by atoms with Gasteiger partial charge in [-0.1, -0.05) is 24.6 Å². The van der Waals surface area contributed by atoms with Gasteiger partial charge >= 0.3 is 0 Å². The van der Waals surface area contributed by atoms with Crippen LogP contribution in [-0.4, -0.2) is 46.3 Å². The molecule has 0 unspecified atom stereocenters. The summed E-state index contributed by atoms with van der Waals surface area (Å²) in [5.41, 5.74) is 4.76. The van der Waals surface area contributed by atoms with Gasteiger partial charge in [0.15, 0.2) is 0 Å². The van der Waals surface area contributed by atoms with Crippen LogP contribution in [0, 0.1) is 20.8 Å². The van der Waals surface area contributed by atoms with Crippen LogP contribution in [0.25, 0.3) is 5.69 Å². The second kappa shape index (κ2) is 9.38. The average molecular weight is 391 g/mol. The first kappa shape index (κ1) is 21.5. The number of halogens is 1. The third-order valence-corrected chi connectivity index (χ3v) is 5.44.